The van der Waals surface area contributed by atoms with E-state index in [0.29, 0.717) is 12.6 Å². The average Bonchev–Trinajstić information content (AvgIpc) is 2.88. The highest BCUT2D eigenvalue weighted by atomic mass is 32.1. The second-order valence-electron chi connectivity index (χ2n) is 4.49. The third-order valence-corrected chi connectivity index (χ3v) is 3.75. The number of thiophene rings is 1. The van der Waals surface area contributed by atoms with Gasteiger partial charge in [-0.05, 0) is 31.4 Å². The van der Waals surface area contributed by atoms with Crippen molar-refractivity contribution < 1.29 is 0 Å². The summed E-state index contributed by atoms with van der Waals surface area (Å²) in [5.41, 5.74) is 6.90. The molecule has 96 valence electrons. The molecule has 2 N–H and O–H groups in total. The molecule has 18 heavy (non-hydrogen) atoms. The molecule has 0 spiro atoms. The van der Waals surface area contributed by atoms with Crippen molar-refractivity contribution in [2.24, 2.45) is 5.73 Å². The summed E-state index contributed by atoms with van der Waals surface area (Å²) in [5.74, 6) is 1.00. The van der Waals surface area contributed by atoms with Crippen molar-refractivity contribution in [3.05, 3.63) is 46.3 Å². The van der Waals surface area contributed by atoms with Gasteiger partial charge in [-0.2, -0.15) is 0 Å². The monoisotopic (exact) mass is 261 g/mol. The van der Waals surface area contributed by atoms with Gasteiger partial charge in [-0.25, -0.2) is 4.98 Å². The summed E-state index contributed by atoms with van der Waals surface area (Å²) in [6.07, 6.45) is 1.83. The summed E-state index contributed by atoms with van der Waals surface area (Å²) >= 11 is 1.78. The molecule has 2 heterocycles. The van der Waals surface area contributed by atoms with E-state index in [1.807, 2.05) is 18.3 Å². The van der Waals surface area contributed by atoms with Crippen LogP contribution in [0.3, 0.4) is 0 Å². The van der Waals surface area contributed by atoms with E-state index in [4.69, 9.17) is 5.73 Å². The quantitative estimate of drug-likeness (QED) is 0.899. The van der Waals surface area contributed by atoms with E-state index in [-0.39, 0.29) is 0 Å². The summed E-state index contributed by atoms with van der Waals surface area (Å²) < 4.78 is 0. The van der Waals surface area contributed by atoms with Crippen LogP contribution in [0.25, 0.3) is 0 Å². The first-order valence-electron chi connectivity index (χ1n) is 6.15. The van der Waals surface area contributed by atoms with Crippen LogP contribution in [0.1, 0.15) is 24.3 Å². The van der Waals surface area contributed by atoms with Crippen LogP contribution < -0.4 is 10.6 Å². The number of nitrogens with two attached hydrogens (primary N) is 1. The fraction of sp³-hybridized carbons (Fsp3) is 0.357. The highest BCUT2D eigenvalue weighted by Crippen LogP contribution is 2.23. The van der Waals surface area contributed by atoms with Crippen molar-refractivity contribution in [3.63, 3.8) is 0 Å². The highest BCUT2D eigenvalue weighted by Gasteiger charge is 2.15. The number of hydrogen-bond donors (Lipinski definition) is 1. The Morgan fingerprint density at radius 1 is 1.33 bits per heavy atom. The molecule has 0 saturated heterocycles. The van der Waals surface area contributed by atoms with Crippen LogP contribution in [0, 0.1) is 0 Å². The SMILES string of the molecule is CC(C)N(Cc1cccs1)c1ncccc1CN. The van der Waals surface area contributed by atoms with Crippen molar-refractivity contribution in [2.45, 2.75) is 33.0 Å². The molecule has 0 bridgehead atoms. The average molecular weight is 261 g/mol. The third kappa shape index (κ3) is 2.89. The zero-order valence-corrected chi connectivity index (χ0v) is 11.7. The number of rotatable bonds is 5. The van der Waals surface area contributed by atoms with Gasteiger partial charge in [-0.1, -0.05) is 12.1 Å². The summed E-state index contributed by atoms with van der Waals surface area (Å²) in [5, 5.41) is 2.11. The maximum atomic E-state index is 5.80. The Bertz CT molecular complexity index is 480. The first kappa shape index (κ1) is 13.1. The molecule has 0 atom stereocenters. The minimum Gasteiger partial charge on any atom is -0.349 e. The number of anilines is 1. The molecule has 0 fully saturated rings. The van der Waals surface area contributed by atoms with Crippen molar-refractivity contribution in [1.29, 1.82) is 0 Å². The van der Waals surface area contributed by atoms with Crippen LogP contribution in [0.15, 0.2) is 35.8 Å². The fourth-order valence-electron chi connectivity index (χ4n) is 1.92. The lowest BCUT2D eigenvalue weighted by molar-refractivity contribution is 0.672. The van der Waals surface area contributed by atoms with E-state index >= 15 is 0 Å². The smallest absolute Gasteiger partial charge is 0.133 e. The van der Waals surface area contributed by atoms with Gasteiger partial charge >= 0.3 is 0 Å². The first-order chi connectivity index (χ1) is 8.72. The van der Waals surface area contributed by atoms with E-state index < -0.39 is 0 Å². The van der Waals surface area contributed by atoms with Crippen LogP contribution in [0.5, 0.6) is 0 Å². The Kier molecular flexibility index (Phi) is 4.33. The van der Waals surface area contributed by atoms with Gasteiger partial charge in [0.2, 0.25) is 0 Å². The minimum atomic E-state index is 0.396. The van der Waals surface area contributed by atoms with E-state index in [2.05, 4.69) is 41.2 Å². The van der Waals surface area contributed by atoms with Crippen LogP contribution >= 0.6 is 11.3 Å². The lowest BCUT2D eigenvalue weighted by Crippen LogP contribution is -2.31. The van der Waals surface area contributed by atoms with Crippen molar-refractivity contribution >= 4 is 17.2 Å². The predicted octanol–water partition coefficient (Wildman–Crippen LogP) is 3.02. The molecule has 0 aliphatic rings. The summed E-state index contributed by atoms with van der Waals surface area (Å²) in [7, 11) is 0. The lowest BCUT2D eigenvalue weighted by atomic mass is 10.2. The van der Waals surface area contributed by atoms with Crippen LogP contribution in [0.2, 0.25) is 0 Å². The summed E-state index contributed by atoms with van der Waals surface area (Å²) in [6, 6.07) is 8.63. The number of nitrogens with zero attached hydrogens (tertiary/aromatic N) is 2. The van der Waals surface area contributed by atoms with Gasteiger partial charge < -0.3 is 10.6 Å². The van der Waals surface area contributed by atoms with Gasteiger partial charge in [0.1, 0.15) is 5.82 Å². The molecule has 0 aromatic carbocycles. The van der Waals surface area contributed by atoms with Gasteiger partial charge in [-0.3, -0.25) is 0 Å². The third-order valence-electron chi connectivity index (χ3n) is 2.89. The molecule has 0 radical (unpaired) electrons. The van der Waals surface area contributed by atoms with E-state index in [9.17, 15) is 0 Å². The molecule has 4 heteroatoms. The molecule has 2 aromatic rings. The molecular weight excluding hydrogens is 242 g/mol. The number of pyridine rings is 1. The van der Waals surface area contributed by atoms with Gasteiger partial charge in [0.15, 0.2) is 0 Å². The van der Waals surface area contributed by atoms with E-state index in [0.717, 1.165) is 17.9 Å². The normalized spacial score (nSPS) is 10.9. The number of hydrogen-bond acceptors (Lipinski definition) is 4. The number of aromatic nitrogens is 1. The molecular formula is C14H19N3S. The largest absolute Gasteiger partial charge is 0.349 e. The van der Waals surface area contributed by atoms with Gasteiger partial charge in [0.25, 0.3) is 0 Å². The molecule has 0 aliphatic carbocycles. The Balaban J connectivity index is 2.29. The first-order valence-corrected chi connectivity index (χ1v) is 7.03. The van der Waals surface area contributed by atoms with E-state index in [1.165, 1.54) is 4.88 Å². The van der Waals surface area contributed by atoms with Crippen LogP contribution in [0.4, 0.5) is 5.82 Å². The second-order valence-corrected chi connectivity index (χ2v) is 5.52. The standard InChI is InChI=1S/C14H19N3S/c1-11(2)17(10-13-6-4-8-18-13)14-12(9-15)5-3-7-16-14/h3-8,11H,9-10,15H2,1-2H3. The van der Waals surface area contributed by atoms with Crippen molar-refractivity contribution in [1.82, 2.24) is 4.98 Å². The molecule has 0 saturated carbocycles. The summed E-state index contributed by atoms with van der Waals surface area (Å²) in [4.78, 5) is 8.15. The predicted molar refractivity (Wildman–Crippen MR) is 77.8 cm³/mol. The van der Waals surface area contributed by atoms with Gasteiger partial charge in [0.05, 0.1) is 6.54 Å². The van der Waals surface area contributed by atoms with Crippen molar-refractivity contribution in [3.8, 4) is 0 Å². The van der Waals surface area contributed by atoms with Crippen LogP contribution in [-0.2, 0) is 13.1 Å². The van der Waals surface area contributed by atoms with Gasteiger partial charge in [0, 0.05) is 29.2 Å². The summed E-state index contributed by atoms with van der Waals surface area (Å²) in [6.45, 7) is 5.78. The van der Waals surface area contributed by atoms with Crippen LogP contribution in [-0.4, -0.2) is 11.0 Å². The Hall–Kier alpha value is -1.39. The Morgan fingerprint density at radius 2 is 2.17 bits per heavy atom. The lowest BCUT2D eigenvalue weighted by Gasteiger charge is -2.29. The van der Waals surface area contributed by atoms with Gasteiger partial charge in [-0.15, -0.1) is 11.3 Å². The molecule has 0 amide bonds. The molecule has 0 aliphatic heterocycles. The molecule has 3 nitrogen and oxygen atoms in total. The molecule has 0 unspecified atom stereocenters. The maximum absolute atomic E-state index is 5.80. The zero-order valence-electron chi connectivity index (χ0n) is 10.8. The Labute approximate surface area is 112 Å². The van der Waals surface area contributed by atoms with Crippen molar-refractivity contribution in [2.75, 3.05) is 4.90 Å². The zero-order chi connectivity index (χ0) is 13.0. The molecule has 2 aromatic heterocycles. The topological polar surface area (TPSA) is 42.2 Å². The second kappa shape index (κ2) is 5.98. The maximum Gasteiger partial charge on any atom is 0.133 e. The highest BCUT2D eigenvalue weighted by molar-refractivity contribution is 7.09. The molecule has 2 rings (SSSR count). The minimum absolute atomic E-state index is 0.396. The Morgan fingerprint density at radius 3 is 2.78 bits per heavy atom. The van der Waals surface area contributed by atoms with E-state index in [1.54, 1.807) is 11.3 Å². The fourth-order valence-corrected chi connectivity index (χ4v) is 2.62.